The fourth-order valence-electron chi connectivity index (χ4n) is 1.47. The van der Waals surface area contributed by atoms with Crippen LogP contribution in [0.2, 0.25) is 0 Å². The zero-order chi connectivity index (χ0) is 7.72. The van der Waals surface area contributed by atoms with Crippen LogP contribution in [0.1, 0.15) is 19.8 Å². The minimum atomic E-state index is 0.921. The maximum atomic E-state index is 2.62. The minimum absolute atomic E-state index is 0.921. The summed E-state index contributed by atoms with van der Waals surface area (Å²) in [6.45, 7) is 2.32. The largest absolute Gasteiger partial charge is 0.0822 e. The zero-order valence-corrected chi connectivity index (χ0v) is 12.3. The van der Waals surface area contributed by atoms with Crippen LogP contribution in [-0.4, -0.2) is 11.8 Å². The lowest BCUT2D eigenvalue weighted by Crippen LogP contribution is -2.15. The first kappa shape index (κ1) is 10.3. The Morgan fingerprint density at radius 3 is 2.00 bits per heavy atom. The molecule has 1 aliphatic rings. The van der Waals surface area contributed by atoms with Gasteiger partial charge in [0.2, 0.25) is 0 Å². The molecule has 0 heterocycles. The molecule has 60 valence electrons. The summed E-state index contributed by atoms with van der Waals surface area (Å²) < 4.78 is 2.78. The standard InChI is InChI=1S/C7H11I3/c1-2-4-5(8)3-6(9)7(4)10/h4-7H,2-3H2,1H3. The van der Waals surface area contributed by atoms with Crippen LogP contribution in [0.3, 0.4) is 0 Å². The van der Waals surface area contributed by atoms with E-state index in [-0.39, 0.29) is 0 Å². The molecule has 0 aromatic rings. The first-order valence-corrected chi connectivity index (χ1v) is 7.32. The smallest absolute Gasteiger partial charge is 0.0266 e. The lowest BCUT2D eigenvalue weighted by atomic mass is 10.1. The molecule has 0 saturated heterocycles. The number of halogens is 3. The van der Waals surface area contributed by atoms with E-state index < -0.39 is 0 Å². The molecule has 0 radical (unpaired) electrons. The van der Waals surface area contributed by atoms with Crippen molar-refractivity contribution < 1.29 is 0 Å². The Bertz CT molecular complexity index is 115. The van der Waals surface area contributed by atoms with Crippen molar-refractivity contribution in [3.05, 3.63) is 0 Å². The zero-order valence-electron chi connectivity index (χ0n) is 5.86. The molecule has 0 amide bonds. The highest BCUT2D eigenvalue weighted by Gasteiger charge is 2.37. The molecule has 0 aromatic heterocycles. The molecule has 0 aliphatic heterocycles. The molecule has 0 bridgehead atoms. The van der Waals surface area contributed by atoms with Gasteiger partial charge >= 0.3 is 0 Å². The monoisotopic (exact) mass is 476 g/mol. The van der Waals surface area contributed by atoms with Gasteiger partial charge in [-0.1, -0.05) is 81.1 Å². The van der Waals surface area contributed by atoms with Crippen LogP contribution in [0.4, 0.5) is 0 Å². The fourth-order valence-corrected chi connectivity index (χ4v) is 7.12. The molecule has 1 fully saturated rings. The highest BCUT2D eigenvalue weighted by molar-refractivity contribution is 14.1. The average molecular weight is 476 g/mol. The second kappa shape index (κ2) is 4.43. The summed E-state index contributed by atoms with van der Waals surface area (Å²) in [4.78, 5) is 0. The molecule has 4 unspecified atom stereocenters. The summed E-state index contributed by atoms with van der Waals surface area (Å²) in [6, 6.07) is 0. The van der Waals surface area contributed by atoms with E-state index in [9.17, 15) is 0 Å². The van der Waals surface area contributed by atoms with Crippen LogP contribution in [0, 0.1) is 5.92 Å². The lowest BCUT2D eigenvalue weighted by molar-refractivity contribution is 0.578. The van der Waals surface area contributed by atoms with Crippen LogP contribution in [0.15, 0.2) is 0 Å². The van der Waals surface area contributed by atoms with Gasteiger partial charge in [-0.2, -0.15) is 0 Å². The van der Waals surface area contributed by atoms with Gasteiger partial charge in [-0.25, -0.2) is 0 Å². The minimum Gasteiger partial charge on any atom is -0.0822 e. The molecular weight excluding hydrogens is 465 g/mol. The maximum absolute atomic E-state index is 2.62. The molecule has 1 aliphatic carbocycles. The van der Waals surface area contributed by atoms with E-state index in [0.717, 1.165) is 17.7 Å². The molecule has 0 N–H and O–H groups in total. The van der Waals surface area contributed by atoms with Crippen LogP contribution < -0.4 is 0 Å². The Morgan fingerprint density at radius 2 is 1.80 bits per heavy atom. The predicted octanol–water partition coefficient (Wildman–Crippen LogP) is 3.83. The van der Waals surface area contributed by atoms with Crippen molar-refractivity contribution in [2.75, 3.05) is 0 Å². The third kappa shape index (κ3) is 2.11. The molecule has 0 aromatic carbocycles. The Hall–Kier alpha value is 2.19. The highest BCUT2D eigenvalue weighted by Crippen LogP contribution is 2.42. The summed E-state index contributed by atoms with van der Waals surface area (Å²) in [7, 11) is 0. The maximum Gasteiger partial charge on any atom is 0.0266 e. The molecule has 10 heavy (non-hydrogen) atoms. The van der Waals surface area contributed by atoms with Gasteiger partial charge in [0.1, 0.15) is 0 Å². The van der Waals surface area contributed by atoms with E-state index >= 15 is 0 Å². The molecular formula is C7H11I3. The molecule has 4 atom stereocenters. The summed E-state index contributed by atoms with van der Waals surface area (Å²) in [5.74, 6) is 0.975. The first-order valence-electron chi connectivity index (χ1n) is 3.59. The van der Waals surface area contributed by atoms with E-state index in [4.69, 9.17) is 0 Å². The van der Waals surface area contributed by atoms with E-state index in [1.165, 1.54) is 12.8 Å². The first-order chi connectivity index (χ1) is 4.66. The van der Waals surface area contributed by atoms with Crippen LogP contribution in [-0.2, 0) is 0 Å². The van der Waals surface area contributed by atoms with Crippen molar-refractivity contribution in [2.24, 2.45) is 5.92 Å². The van der Waals surface area contributed by atoms with Gasteiger partial charge in [-0.05, 0) is 12.3 Å². The summed E-state index contributed by atoms with van der Waals surface area (Å²) in [6.07, 6.45) is 2.79. The molecule has 1 rings (SSSR count). The Morgan fingerprint density at radius 1 is 1.20 bits per heavy atom. The summed E-state index contributed by atoms with van der Waals surface area (Å²) >= 11 is 7.84. The van der Waals surface area contributed by atoms with Crippen molar-refractivity contribution in [1.82, 2.24) is 0 Å². The van der Waals surface area contributed by atoms with E-state index in [1.807, 2.05) is 0 Å². The Balaban J connectivity index is 2.55. The van der Waals surface area contributed by atoms with E-state index in [1.54, 1.807) is 0 Å². The summed E-state index contributed by atoms with van der Waals surface area (Å²) in [5.41, 5.74) is 0. The molecule has 0 nitrogen and oxygen atoms in total. The molecule has 0 spiro atoms. The normalized spacial score (nSPS) is 48.0. The quantitative estimate of drug-likeness (QED) is 0.399. The fraction of sp³-hybridized carbons (Fsp3) is 1.00. The lowest BCUT2D eigenvalue weighted by Gasteiger charge is -2.15. The van der Waals surface area contributed by atoms with Gasteiger partial charge in [0, 0.05) is 11.8 Å². The SMILES string of the molecule is CCC1C(I)CC(I)C1I. The van der Waals surface area contributed by atoms with Crippen LogP contribution in [0.5, 0.6) is 0 Å². The van der Waals surface area contributed by atoms with Crippen molar-refractivity contribution >= 4 is 67.8 Å². The van der Waals surface area contributed by atoms with Crippen molar-refractivity contribution in [1.29, 1.82) is 0 Å². The number of alkyl halides is 3. The van der Waals surface area contributed by atoms with Crippen LogP contribution in [0.25, 0.3) is 0 Å². The number of hydrogen-bond acceptors (Lipinski definition) is 0. The van der Waals surface area contributed by atoms with Crippen LogP contribution >= 0.6 is 67.8 Å². The van der Waals surface area contributed by atoms with Crippen molar-refractivity contribution in [3.8, 4) is 0 Å². The summed E-state index contributed by atoms with van der Waals surface area (Å²) in [5, 5.41) is 0. The van der Waals surface area contributed by atoms with Crippen molar-refractivity contribution in [3.63, 3.8) is 0 Å². The van der Waals surface area contributed by atoms with Gasteiger partial charge in [-0.15, -0.1) is 0 Å². The average Bonchev–Trinajstić information content (AvgIpc) is 2.09. The third-order valence-electron chi connectivity index (χ3n) is 2.14. The van der Waals surface area contributed by atoms with E-state index in [2.05, 4.69) is 74.7 Å². The molecule has 3 heteroatoms. The third-order valence-corrected chi connectivity index (χ3v) is 8.02. The van der Waals surface area contributed by atoms with E-state index in [0.29, 0.717) is 0 Å². The van der Waals surface area contributed by atoms with Gasteiger partial charge in [0.05, 0.1) is 0 Å². The van der Waals surface area contributed by atoms with Crippen molar-refractivity contribution in [2.45, 2.75) is 31.5 Å². The van der Waals surface area contributed by atoms with Gasteiger partial charge in [-0.3, -0.25) is 0 Å². The predicted molar refractivity (Wildman–Crippen MR) is 71.8 cm³/mol. The second-order valence-electron chi connectivity index (χ2n) is 2.78. The molecule has 1 saturated carbocycles. The Labute approximate surface area is 104 Å². The van der Waals surface area contributed by atoms with Gasteiger partial charge in [0.15, 0.2) is 0 Å². The highest BCUT2D eigenvalue weighted by atomic mass is 127. The van der Waals surface area contributed by atoms with Gasteiger partial charge < -0.3 is 0 Å². The number of hydrogen-bond donors (Lipinski definition) is 0. The topological polar surface area (TPSA) is 0 Å². The number of rotatable bonds is 1. The van der Waals surface area contributed by atoms with Gasteiger partial charge in [0.25, 0.3) is 0 Å². The second-order valence-corrected chi connectivity index (χ2v) is 7.42. The Kier molecular flexibility index (Phi) is 4.55.